The van der Waals surface area contributed by atoms with Crippen LogP contribution in [0.15, 0.2) is 30.3 Å². The third-order valence-corrected chi connectivity index (χ3v) is 1.41. The van der Waals surface area contributed by atoms with E-state index in [1.807, 2.05) is 30.3 Å². The second kappa shape index (κ2) is 4.74. The van der Waals surface area contributed by atoms with Gasteiger partial charge in [0.15, 0.2) is 0 Å². The minimum atomic E-state index is 0.771. The van der Waals surface area contributed by atoms with Crippen LogP contribution in [-0.4, -0.2) is 13.2 Å². The maximum absolute atomic E-state index is 5.41. The van der Waals surface area contributed by atoms with Crippen LogP contribution in [0.1, 0.15) is 6.42 Å². The molecule has 0 heterocycles. The molecule has 0 unspecified atom stereocenters. The van der Waals surface area contributed by atoms with Gasteiger partial charge in [0.05, 0.1) is 13.2 Å². The molecule has 0 amide bonds. The summed E-state index contributed by atoms with van der Waals surface area (Å²) >= 11 is 0. The van der Waals surface area contributed by atoms with Gasteiger partial charge >= 0.3 is 0 Å². The van der Waals surface area contributed by atoms with Gasteiger partial charge < -0.3 is 10.5 Å². The molecule has 2 nitrogen and oxygen atoms in total. The predicted molar refractivity (Wildman–Crippen MR) is 44.3 cm³/mol. The molecule has 60 valence electrons. The van der Waals surface area contributed by atoms with E-state index in [4.69, 9.17) is 4.74 Å². The summed E-state index contributed by atoms with van der Waals surface area (Å²) in [5, 5.41) is 0. The van der Waals surface area contributed by atoms with Gasteiger partial charge in [0.2, 0.25) is 0 Å². The van der Waals surface area contributed by atoms with Crippen molar-refractivity contribution in [3.63, 3.8) is 0 Å². The Hall–Kier alpha value is -1.02. The van der Waals surface area contributed by atoms with Crippen molar-refractivity contribution < 1.29 is 10.5 Å². The van der Waals surface area contributed by atoms with Gasteiger partial charge in [0, 0.05) is 6.42 Å². The summed E-state index contributed by atoms with van der Waals surface area (Å²) in [6.07, 6.45) is 1.02. The highest BCUT2D eigenvalue weighted by Gasteiger charge is 1.89. The maximum Gasteiger partial charge on any atom is 0.119 e. The molecule has 1 rings (SSSR count). The Morgan fingerprint density at radius 2 is 1.91 bits per heavy atom. The molecule has 0 aliphatic rings. The van der Waals surface area contributed by atoms with Crippen LogP contribution in [-0.2, 0) is 0 Å². The average molecular weight is 152 g/mol. The van der Waals surface area contributed by atoms with E-state index in [1.165, 1.54) is 0 Å². The standard InChI is InChI=1S/C9H13NO/c10-7-4-8-11-9-5-2-1-3-6-9/h1-3,5-6H,4,7-8,10H2/p+1. The third-order valence-electron chi connectivity index (χ3n) is 1.41. The van der Waals surface area contributed by atoms with E-state index in [-0.39, 0.29) is 0 Å². The van der Waals surface area contributed by atoms with Crippen LogP contribution in [0.25, 0.3) is 0 Å². The summed E-state index contributed by atoms with van der Waals surface area (Å²) in [4.78, 5) is 0. The fourth-order valence-corrected chi connectivity index (χ4v) is 0.809. The lowest BCUT2D eigenvalue weighted by Gasteiger charge is -2.02. The van der Waals surface area contributed by atoms with Crippen LogP contribution in [0.4, 0.5) is 0 Å². The molecule has 0 aliphatic heterocycles. The van der Waals surface area contributed by atoms with Crippen molar-refractivity contribution in [2.75, 3.05) is 13.2 Å². The first kappa shape index (κ1) is 8.08. The van der Waals surface area contributed by atoms with Gasteiger partial charge in [-0.25, -0.2) is 0 Å². The van der Waals surface area contributed by atoms with Gasteiger partial charge in [0.25, 0.3) is 0 Å². The zero-order valence-electron chi connectivity index (χ0n) is 6.62. The van der Waals surface area contributed by atoms with Crippen molar-refractivity contribution in [3.8, 4) is 5.75 Å². The highest BCUT2D eigenvalue weighted by molar-refractivity contribution is 5.20. The number of ether oxygens (including phenoxy) is 1. The Morgan fingerprint density at radius 1 is 1.18 bits per heavy atom. The molecule has 2 heteroatoms. The summed E-state index contributed by atoms with van der Waals surface area (Å²) in [6, 6.07) is 9.85. The van der Waals surface area contributed by atoms with E-state index < -0.39 is 0 Å². The molecule has 3 N–H and O–H groups in total. The van der Waals surface area contributed by atoms with E-state index in [9.17, 15) is 0 Å². The number of hydrogen-bond donors (Lipinski definition) is 1. The van der Waals surface area contributed by atoms with Crippen LogP contribution >= 0.6 is 0 Å². The quantitative estimate of drug-likeness (QED) is 0.633. The van der Waals surface area contributed by atoms with Crippen molar-refractivity contribution >= 4 is 0 Å². The lowest BCUT2D eigenvalue weighted by Crippen LogP contribution is -2.50. The number of hydrogen-bond acceptors (Lipinski definition) is 1. The fourth-order valence-electron chi connectivity index (χ4n) is 0.809. The lowest BCUT2D eigenvalue weighted by molar-refractivity contribution is -0.368. The molecule has 0 aliphatic carbocycles. The highest BCUT2D eigenvalue weighted by atomic mass is 16.5. The number of para-hydroxylation sites is 1. The number of rotatable bonds is 4. The maximum atomic E-state index is 5.41. The summed E-state index contributed by atoms with van der Waals surface area (Å²) in [5.41, 5.74) is 3.74. The molecule has 0 atom stereocenters. The molecule has 1 aromatic rings. The molecular formula is C9H14NO+. The van der Waals surface area contributed by atoms with E-state index in [2.05, 4.69) is 5.73 Å². The molecule has 0 aromatic heterocycles. The van der Waals surface area contributed by atoms with Crippen LogP contribution in [0.5, 0.6) is 5.75 Å². The van der Waals surface area contributed by atoms with Crippen LogP contribution in [0.3, 0.4) is 0 Å². The molecular weight excluding hydrogens is 138 g/mol. The molecule has 0 radical (unpaired) electrons. The Kier molecular flexibility index (Phi) is 3.48. The summed E-state index contributed by atoms with van der Waals surface area (Å²) in [5.74, 6) is 0.945. The Balaban J connectivity index is 2.28. The molecule has 0 saturated carbocycles. The van der Waals surface area contributed by atoms with E-state index in [0.717, 1.165) is 25.3 Å². The summed E-state index contributed by atoms with van der Waals surface area (Å²) in [7, 11) is 0. The van der Waals surface area contributed by atoms with Gasteiger partial charge in [0.1, 0.15) is 5.75 Å². The van der Waals surface area contributed by atoms with Crippen molar-refractivity contribution in [3.05, 3.63) is 30.3 Å². The van der Waals surface area contributed by atoms with Gasteiger partial charge in [-0.2, -0.15) is 0 Å². The minimum absolute atomic E-state index is 0.771. The normalized spacial score (nSPS) is 9.55. The van der Waals surface area contributed by atoms with Crippen molar-refractivity contribution in [1.29, 1.82) is 0 Å². The number of benzene rings is 1. The Bertz CT molecular complexity index is 186. The van der Waals surface area contributed by atoms with Crippen molar-refractivity contribution in [1.82, 2.24) is 0 Å². The predicted octanol–water partition coefficient (Wildman–Crippen LogP) is 0.697. The first-order chi connectivity index (χ1) is 5.43. The van der Waals surface area contributed by atoms with Gasteiger partial charge in [-0.05, 0) is 12.1 Å². The van der Waals surface area contributed by atoms with Crippen LogP contribution in [0.2, 0.25) is 0 Å². The number of quaternary nitrogens is 1. The highest BCUT2D eigenvalue weighted by Crippen LogP contribution is 2.07. The summed E-state index contributed by atoms with van der Waals surface area (Å²) < 4.78 is 5.41. The van der Waals surface area contributed by atoms with Crippen molar-refractivity contribution in [2.45, 2.75) is 6.42 Å². The largest absolute Gasteiger partial charge is 0.493 e. The first-order valence-corrected chi connectivity index (χ1v) is 3.90. The zero-order valence-corrected chi connectivity index (χ0v) is 6.62. The molecule has 0 bridgehead atoms. The second-order valence-electron chi connectivity index (χ2n) is 2.37. The molecule has 11 heavy (non-hydrogen) atoms. The molecule has 0 fully saturated rings. The monoisotopic (exact) mass is 152 g/mol. The SMILES string of the molecule is [NH3+]CCCOc1ccccc1. The zero-order chi connectivity index (χ0) is 7.94. The van der Waals surface area contributed by atoms with Crippen molar-refractivity contribution in [2.24, 2.45) is 0 Å². The van der Waals surface area contributed by atoms with Crippen LogP contribution in [0, 0.1) is 0 Å². The van der Waals surface area contributed by atoms with Crippen LogP contribution < -0.4 is 10.5 Å². The topological polar surface area (TPSA) is 36.9 Å². The third kappa shape index (κ3) is 3.05. The molecule has 1 aromatic carbocycles. The van der Waals surface area contributed by atoms with E-state index in [0.29, 0.717) is 0 Å². The van der Waals surface area contributed by atoms with Gasteiger partial charge in [-0.1, -0.05) is 18.2 Å². The molecule has 0 spiro atoms. The fraction of sp³-hybridized carbons (Fsp3) is 0.333. The second-order valence-corrected chi connectivity index (χ2v) is 2.37. The smallest absolute Gasteiger partial charge is 0.119 e. The minimum Gasteiger partial charge on any atom is -0.493 e. The van der Waals surface area contributed by atoms with Gasteiger partial charge in [-0.3, -0.25) is 0 Å². The Morgan fingerprint density at radius 3 is 2.55 bits per heavy atom. The lowest BCUT2D eigenvalue weighted by atomic mass is 10.3. The molecule has 0 saturated heterocycles. The van der Waals surface area contributed by atoms with Gasteiger partial charge in [-0.15, -0.1) is 0 Å². The Labute approximate surface area is 67.0 Å². The van der Waals surface area contributed by atoms with E-state index in [1.54, 1.807) is 0 Å². The summed E-state index contributed by atoms with van der Waals surface area (Å²) in [6.45, 7) is 1.71. The average Bonchev–Trinajstić information content (AvgIpc) is 2.07. The first-order valence-electron chi connectivity index (χ1n) is 3.90. The van der Waals surface area contributed by atoms with E-state index >= 15 is 0 Å².